The summed E-state index contributed by atoms with van der Waals surface area (Å²) >= 11 is 0. The third-order valence-electron chi connectivity index (χ3n) is 6.18. The van der Waals surface area contributed by atoms with Crippen LogP contribution < -0.4 is 10.6 Å². The molecule has 0 radical (unpaired) electrons. The first kappa shape index (κ1) is 22.8. The number of ether oxygens (including phenoxy) is 1. The van der Waals surface area contributed by atoms with Crippen molar-refractivity contribution in [1.29, 1.82) is 0 Å². The number of halogens is 1. The minimum absolute atomic E-state index is 0. The molecular formula is C22H35IN4O2. The van der Waals surface area contributed by atoms with Gasteiger partial charge in [-0.25, -0.2) is 4.99 Å². The molecule has 1 aromatic rings. The number of nitrogens with one attached hydrogen (secondary N) is 2. The average molecular weight is 514 g/mol. The molecular weight excluding hydrogens is 479 g/mol. The molecule has 0 amide bonds. The van der Waals surface area contributed by atoms with Crippen molar-refractivity contribution in [2.75, 3.05) is 19.6 Å². The number of guanidine groups is 1. The van der Waals surface area contributed by atoms with Crippen molar-refractivity contribution in [2.24, 2.45) is 4.99 Å². The van der Waals surface area contributed by atoms with E-state index < -0.39 is 0 Å². The number of likely N-dealkylation sites (tertiary alicyclic amines) is 1. The smallest absolute Gasteiger partial charge is 0.191 e. The Labute approximate surface area is 191 Å². The van der Waals surface area contributed by atoms with E-state index in [-0.39, 0.29) is 30.1 Å². The summed E-state index contributed by atoms with van der Waals surface area (Å²) in [5, 5.41) is 16.6. The van der Waals surface area contributed by atoms with E-state index in [1.54, 1.807) is 0 Å². The van der Waals surface area contributed by atoms with Crippen LogP contribution in [-0.2, 0) is 17.8 Å². The summed E-state index contributed by atoms with van der Waals surface area (Å²) in [6.45, 7) is 6.56. The Morgan fingerprint density at radius 3 is 2.48 bits per heavy atom. The summed E-state index contributed by atoms with van der Waals surface area (Å²) in [6, 6.07) is 9.17. The van der Waals surface area contributed by atoms with Crippen LogP contribution in [0.25, 0.3) is 0 Å². The van der Waals surface area contributed by atoms with Gasteiger partial charge >= 0.3 is 0 Å². The zero-order valence-corrected chi connectivity index (χ0v) is 19.7. The molecule has 0 saturated carbocycles. The van der Waals surface area contributed by atoms with Crippen LogP contribution in [0.2, 0.25) is 0 Å². The Kier molecular flexibility index (Phi) is 8.58. The Bertz CT molecular complexity index is 661. The highest BCUT2D eigenvalue weighted by molar-refractivity contribution is 14.0. The van der Waals surface area contributed by atoms with Crippen molar-refractivity contribution in [2.45, 2.75) is 76.5 Å². The Balaban J connectivity index is 0.00000240. The third kappa shape index (κ3) is 6.29. The summed E-state index contributed by atoms with van der Waals surface area (Å²) in [5.41, 5.74) is 2.55. The van der Waals surface area contributed by atoms with Crippen molar-refractivity contribution in [1.82, 2.24) is 15.5 Å². The third-order valence-corrected chi connectivity index (χ3v) is 6.18. The number of hydrogen-bond acceptors (Lipinski definition) is 4. The number of piperidine rings is 1. The predicted octanol–water partition coefficient (Wildman–Crippen LogP) is 2.64. The molecule has 2 bridgehead atoms. The Morgan fingerprint density at radius 1 is 1.14 bits per heavy atom. The van der Waals surface area contributed by atoms with Crippen LogP contribution in [0.4, 0.5) is 0 Å². The standard InChI is InChI=1S/C22H34N4O2.HI/c1-2-23-22(25-20-13-19-7-8-21(20)28-19)24-14-16-3-5-17(6-4-16)15-26-11-9-18(27)10-12-26;/h3-6,18-21,27H,2,7-15H2,1H3,(H2,23,24,25);1H. The number of rotatable bonds is 6. The molecule has 0 spiro atoms. The van der Waals surface area contributed by atoms with Crippen molar-refractivity contribution < 1.29 is 9.84 Å². The molecule has 6 nitrogen and oxygen atoms in total. The van der Waals surface area contributed by atoms with Gasteiger partial charge in [-0.05, 0) is 50.2 Å². The van der Waals surface area contributed by atoms with Crippen LogP contribution in [0.1, 0.15) is 50.2 Å². The monoisotopic (exact) mass is 514 g/mol. The first-order valence-electron chi connectivity index (χ1n) is 10.9. The first-order chi connectivity index (χ1) is 13.7. The molecule has 0 aliphatic carbocycles. The average Bonchev–Trinajstić information content (AvgIpc) is 3.32. The molecule has 1 aromatic carbocycles. The molecule has 29 heavy (non-hydrogen) atoms. The van der Waals surface area contributed by atoms with Gasteiger partial charge in [0.15, 0.2) is 5.96 Å². The largest absolute Gasteiger partial charge is 0.393 e. The number of benzene rings is 1. The maximum absolute atomic E-state index is 9.64. The zero-order valence-electron chi connectivity index (χ0n) is 17.3. The van der Waals surface area contributed by atoms with Crippen LogP contribution in [-0.4, -0.2) is 60.0 Å². The second kappa shape index (κ2) is 10.9. The van der Waals surface area contributed by atoms with E-state index in [1.165, 1.54) is 24.0 Å². The van der Waals surface area contributed by atoms with E-state index >= 15 is 0 Å². The maximum Gasteiger partial charge on any atom is 0.191 e. The van der Waals surface area contributed by atoms with Gasteiger partial charge in [-0.2, -0.15) is 0 Å². The van der Waals surface area contributed by atoms with E-state index in [0.717, 1.165) is 51.4 Å². The summed E-state index contributed by atoms with van der Waals surface area (Å²) in [5.74, 6) is 0.889. The first-order valence-corrected chi connectivity index (χ1v) is 10.9. The van der Waals surface area contributed by atoms with E-state index in [0.29, 0.717) is 24.8 Å². The van der Waals surface area contributed by atoms with Crippen molar-refractivity contribution in [3.05, 3.63) is 35.4 Å². The van der Waals surface area contributed by atoms with Gasteiger partial charge in [0.25, 0.3) is 0 Å². The summed E-state index contributed by atoms with van der Waals surface area (Å²) in [7, 11) is 0. The molecule has 3 aliphatic heterocycles. The lowest BCUT2D eigenvalue weighted by molar-refractivity contribution is 0.0792. The van der Waals surface area contributed by atoms with Crippen molar-refractivity contribution in [3.63, 3.8) is 0 Å². The summed E-state index contributed by atoms with van der Waals surface area (Å²) < 4.78 is 5.94. The minimum atomic E-state index is -0.109. The molecule has 3 heterocycles. The fourth-order valence-electron chi connectivity index (χ4n) is 4.54. The molecule has 162 valence electrons. The van der Waals surface area contributed by atoms with E-state index in [4.69, 9.17) is 9.73 Å². The topological polar surface area (TPSA) is 69.1 Å². The Morgan fingerprint density at radius 2 is 1.86 bits per heavy atom. The highest BCUT2D eigenvalue weighted by Crippen LogP contribution is 2.34. The van der Waals surface area contributed by atoms with E-state index in [9.17, 15) is 5.11 Å². The van der Waals surface area contributed by atoms with Gasteiger partial charge in [-0.15, -0.1) is 24.0 Å². The molecule has 4 rings (SSSR count). The van der Waals surface area contributed by atoms with E-state index in [2.05, 4.69) is 46.7 Å². The molecule has 3 N–H and O–H groups in total. The van der Waals surface area contributed by atoms with Crippen molar-refractivity contribution >= 4 is 29.9 Å². The van der Waals surface area contributed by atoms with E-state index in [1.807, 2.05) is 0 Å². The van der Waals surface area contributed by atoms with Gasteiger partial charge in [0, 0.05) is 26.2 Å². The predicted molar refractivity (Wildman–Crippen MR) is 127 cm³/mol. The number of aliphatic imine (C=N–C) groups is 1. The lowest BCUT2D eigenvalue weighted by Crippen LogP contribution is -2.47. The van der Waals surface area contributed by atoms with Gasteiger partial charge in [0.05, 0.1) is 30.9 Å². The second-order valence-electron chi connectivity index (χ2n) is 8.38. The van der Waals surface area contributed by atoms with Crippen molar-refractivity contribution in [3.8, 4) is 0 Å². The highest BCUT2D eigenvalue weighted by Gasteiger charge is 2.41. The summed E-state index contributed by atoms with van der Waals surface area (Å²) in [6.07, 6.45) is 5.94. The molecule has 3 atom stereocenters. The van der Waals surface area contributed by atoms with Crippen LogP contribution in [0.3, 0.4) is 0 Å². The fraction of sp³-hybridized carbons (Fsp3) is 0.682. The zero-order chi connectivity index (χ0) is 19.3. The molecule has 3 saturated heterocycles. The molecule has 3 fully saturated rings. The molecule has 3 aliphatic rings. The normalized spacial score (nSPS) is 27.7. The second-order valence-corrected chi connectivity index (χ2v) is 8.38. The van der Waals surface area contributed by atoms with Crippen LogP contribution in [0.15, 0.2) is 29.3 Å². The molecule has 7 heteroatoms. The van der Waals surface area contributed by atoms with Gasteiger partial charge < -0.3 is 20.5 Å². The van der Waals surface area contributed by atoms with Gasteiger partial charge in [0.1, 0.15) is 0 Å². The van der Waals surface area contributed by atoms with Crippen LogP contribution in [0.5, 0.6) is 0 Å². The molecule has 3 unspecified atom stereocenters. The number of nitrogens with zero attached hydrogens (tertiary/aromatic N) is 2. The number of hydrogen-bond donors (Lipinski definition) is 3. The quantitative estimate of drug-likeness (QED) is 0.310. The lowest BCUT2D eigenvalue weighted by atomic mass is 9.96. The SMILES string of the molecule is CCNC(=NCc1ccc(CN2CCC(O)CC2)cc1)NC1CC2CCC1O2.I. The maximum atomic E-state index is 9.64. The number of fused-ring (bicyclic) bond motifs is 2. The minimum Gasteiger partial charge on any atom is -0.393 e. The fourth-order valence-corrected chi connectivity index (χ4v) is 4.54. The van der Waals surface area contributed by atoms with Gasteiger partial charge in [-0.1, -0.05) is 24.3 Å². The number of aliphatic hydroxyl groups excluding tert-OH is 1. The van der Waals surface area contributed by atoms with Gasteiger partial charge in [-0.3, -0.25) is 4.90 Å². The summed E-state index contributed by atoms with van der Waals surface area (Å²) in [4.78, 5) is 7.21. The molecule has 0 aromatic heterocycles. The van der Waals surface area contributed by atoms with Crippen LogP contribution >= 0.6 is 24.0 Å². The highest BCUT2D eigenvalue weighted by atomic mass is 127. The lowest BCUT2D eigenvalue weighted by Gasteiger charge is -2.29. The van der Waals surface area contributed by atoms with Crippen LogP contribution in [0, 0.1) is 0 Å². The Hall–Kier alpha value is -0.900. The number of aliphatic hydroxyl groups is 1. The van der Waals surface area contributed by atoms with Gasteiger partial charge in [0.2, 0.25) is 0 Å².